The van der Waals surface area contributed by atoms with Gasteiger partial charge in [0.1, 0.15) is 0 Å². The molecule has 0 N–H and O–H groups in total. The third-order valence-corrected chi connectivity index (χ3v) is 11.4. The van der Waals surface area contributed by atoms with Gasteiger partial charge in [0.25, 0.3) is 0 Å². The van der Waals surface area contributed by atoms with E-state index in [9.17, 15) is 0 Å². The Balaban J connectivity index is 1.50. The minimum atomic E-state index is 0.466. The quantitative estimate of drug-likeness (QED) is 0.365. The van der Waals surface area contributed by atoms with E-state index in [0.29, 0.717) is 30.3 Å². The Hall–Kier alpha value is 0.960. The van der Waals surface area contributed by atoms with Crippen LogP contribution in [0.1, 0.15) is 90.9 Å². The molecule has 0 aliphatic heterocycles. The van der Waals surface area contributed by atoms with Crippen molar-refractivity contribution in [3.8, 4) is 0 Å². The average Bonchev–Trinajstić information content (AvgIpc) is 2.28. The number of alkyl halides is 2. The van der Waals surface area contributed by atoms with Crippen molar-refractivity contribution in [2.24, 2.45) is 33.5 Å². The highest BCUT2D eigenvalue weighted by molar-refractivity contribution is 9.10. The second-order valence-electron chi connectivity index (χ2n) is 12.5. The normalized spacial score (nSPS) is 69.5. The Morgan fingerprint density at radius 3 is 1.62 bits per heavy atom. The zero-order chi connectivity index (χ0) is 16.6. The highest BCUT2D eigenvalue weighted by Crippen LogP contribution is 2.81. The van der Waals surface area contributed by atoms with E-state index in [1.54, 1.807) is 32.1 Å². The summed E-state index contributed by atoms with van der Waals surface area (Å²) in [5.74, 6) is 2.07. The molecule has 0 saturated heterocycles. The molecule has 8 aliphatic carbocycles. The van der Waals surface area contributed by atoms with E-state index in [0.717, 1.165) is 11.8 Å². The summed E-state index contributed by atoms with van der Waals surface area (Å²) in [6, 6.07) is 0. The lowest BCUT2D eigenvalue weighted by Crippen LogP contribution is -2.68. The SMILES string of the molecule is CC12CC3(C)CC(Br)(C1)CC(C14CC5CC(CC(Br)(C5)C1)C4)(C2)C3. The Kier molecular flexibility index (Phi) is 2.78. The molecule has 8 aliphatic rings. The van der Waals surface area contributed by atoms with Crippen molar-refractivity contribution in [1.82, 2.24) is 0 Å². The molecule has 24 heavy (non-hydrogen) atoms. The van der Waals surface area contributed by atoms with Crippen LogP contribution in [0.3, 0.4) is 0 Å². The van der Waals surface area contributed by atoms with Gasteiger partial charge < -0.3 is 0 Å². The number of hydrogen-bond acceptors (Lipinski definition) is 0. The fourth-order valence-corrected chi connectivity index (χ4v) is 14.2. The van der Waals surface area contributed by atoms with Crippen molar-refractivity contribution < 1.29 is 0 Å². The zero-order valence-corrected chi connectivity index (χ0v) is 18.6. The van der Waals surface area contributed by atoms with Gasteiger partial charge in [-0.2, -0.15) is 0 Å². The van der Waals surface area contributed by atoms with E-state index in [2.05, 4.69) is 45.7 Å². The van der Waals surface area contributed by atoms with Gasteiger partial charge >= 0.3 is 0 Å². The Bertz CT molecular complexity index is 554. The predicted octanol–water partition coefficient (Wildman–Crippen LogP) is 7.23. The van der Waals surface area contributed by atoms with Gasteiger partial charge in [0.15, 0.2) is 0 Å². The third kappa shape index (κ3) is 1.92. The fourth-order valence-electron chi connectivity index (χ4n) is 10.9. The van der Waals surface area contributed by atoms with Gasteiger partial charge in [-0.05, 0) is 111 Å². The van der Waals surface area contributed by atoms with Crippen molar-refractivity contribution in [3.05, 3.63) is 0 Å². The molecule has 0 amide bonds. The van der Waals surface area contributed by atoms with Crippen molar-refractivity contribution in [2.75, 3.05) is 0 Å². The lowest BCUT2D eigenvalue weighted by atomic mass is 9.31. The van der Waals surface area contributed by atoms with Gasteiger partial charge in [0.05, 0.1) is 0 Å². The summed E-state index contributed by atoms with van der Waals surface area (Å²) < 4.78 is 0.982. The lowest BCUT2D eigenvalue weighted by Gasteiger charge is -2.76. The topological polar surface area (TPSA) is 0 Å². The van der Waals surface area contributed by atoms with Crippen LogP contribution in [0.15, 0.2) is 0 Å². The largest absolute Gasteiger partial charge is 0.0853 e. The molecule has 2 heteroatoms. The first-order chi connectivity index (χ1) is 11.1. The Morgan fingerprint density at radius 2 is 1.12 bits per heavy atom. The molecule has 8 saturated carbocycles. The Labute approximate surface area is 164 Å². The van der Waals surface area contributed by atoms with E-state index in [-0.39, 0.29) is 0 Å². The molecule has 4 atom stereocenters. The first-order valence-electron chi connectivity index (χ1n) is 10.4. The molecule has 0 heterocycles. The van der Waals surface area contributed by atoms with E-state index in [4.69, 9.17) is 0 Å². The number of rotatable bonds is 1. The van der Waals surface area contributed by atoms with Crippen LogP contribution in [-0.4, -0.2) is 8.65 Å². The maximum atomic E-state index is 4.34. The molecule has 8 fully saturated rings. The van der Waals surface area contributed by atoms with Gasteiger partial charge in [-0.25, -0.2) is 0 Å². The van der Waals surface area contributed by atoms with Gasteiger partial charge in [-0.1, -0.05) is 45.7 Å². The summed E-state index contributed by atoms with van der Waals surface area (Å²) in [4.78, 5) is 0. The molecule has 8 bridgehead atoms. The molecule has 4 unspecified atom stereocenters. The molecular formula is C22H32Br2. The average molecular weight is 456 g/mol. The summed E-state index contributed by atoms with van der Waals surface area (Å²) in [6.07, 6.45) is 18.1. The molecule has 0 aromatic carbocycles. The second-order valence-corrected chi connectivity index (χ2v) is 15.9. The van der Waals surface area contributed by atoms with Crippen LogP contribution in [-0.2, 0) is 0 Å². The van der Waals surface area contributed by atoms with Crippen molar-refractivity contribution in [2.45, 2.75) is 99.5 Å². The third-order valence-electron chi connectivity index (χ3n) is 9.64. The molecule has 0 radical (unpaired) electrons. The van der Waals surface area contributed by atoms with E-state index >= 15 is 0 Å². The number of halogens is 2. The van der Waals surface area contributed by atoms with Crippen LogP contribution in [0, 0.1) is 33.5 Å². The van der Waals surface area contributed by atoms with E-state index in [1.807, 2.05) is 0 Å². The lowest BCUT2D eigenvalue weighted by molar-refractivity contribution is -0.225. The van der Waals surface area contributed by atoms with Gasteiger partial charge in [-0.3, -0.25) is 0 Å². The number of hydrogen-bond donors (Lipinski definition) is 0. The van der Waals surface area contributed by atoms with Gasteiger partial charge in [-0.15, -0.1) is 0 Å². The maximum absolute atomic E-state index is 4.34. The van der Waals surface area contributed by atoms with E-state index < -0.39 is 0 Å². The summed E-state index contributed by atoms with van der Waals surface area (Å²) in [6.45, 7) is 5.30. The van der Waals surface area contributed by atoms with Crippen molar-refractivity contribution >= 4 is 31.9 Å². The van der Waals surface area contributed by atoms with Gasteiger partial charge in [0, 0.05) is 8.65 Å². The molecule has 8 rings (SSSR count). The highest BCUT2D eigenvalue weighted by atomic mass is 79.9. The standard InChI is InChI=1S/C22H32Br2/c1-17-8-18(2)10-20(9-17,14-22(24,11-17)12-18)19-4-15-3-16(5-19)7-21(23,6-15)13-19/h15-16H,3-14H2,1-2H3. The minimum absolute atomic E-state index is 0.466. The fraction of sp³-hybridized carbons (Fsp3) is 1.00. The minimum Gasteiger partial charge on any atom is -0.0853 e. The second kappa shape index (κ2) is 4.18. The smallest absolute Gasteiger partial charge is 0.0273 e. The summed E-state index contributed by atoms with van der Waals surface area (Å²) in [7, 11) is 0. The maximum Gasteiger partial charge on any atom is 0.0273 e. The van der Waals surface area contributed by atoms with Crippen LogP contribution in [0.4, 0.5) is 0 Å². The molecule has 0 nitrogen and oxygen atoms in total. The first-order valence-corrected chi connectivity index (χ1v) is 12.0. The van der Waals surface area contributed by atoms with Crippen LogP contribution in [0.2, 0.25) is 0 Å². The van der Waals surface area contributed by atoms with Gasteiger partial charge in [0.2, 0.25) is 0 Å². The van der Waals surface area contributed by atoms with Crippen molar-refractivity contribution in [1.29, 1.82) is 0 Å². The highest BCUT2D eigenvalue weighted by Gasteiger charge is 2.72. The molecule has 134 valence electrons. The van der Waals surface area contributed by atoms with E-state index in [1.165, 1.54) is 44.9 Å². The monoisotopic (exact) mass is 454 g/mol. The summed E-state index contributed by atoms with van der Waals surface area (Å²) >= 11 is 8.64. The van der Waals surface area contributed by atoms with Crippen molar-refractivity contribution in [3.63, 3.8) is 0 Å². The van der Waals surface area contributed by atoms with Crippen LogP contribution >= 0.6 is 31.9 Å². The zero-order valence-electron chi connectivity index (χ0n) is 15.4. The molecule has 0 aromatic heterocycles. The summed E-state index contributed by atoms with van der Waals surface area (Å²) in [5, 5.41) is 0. The first kappa shape index (κ1) is 16.0. The summed E-state index contributed by atoms with van der Waals surface area (Å²) in [5.41, 5.74) is 2.53. The molecular weight excluding hydrogens is 424 g/mol. The van der Waals surface area contributed by atoms with Crippen LogP contribution in [0.25, 0.3) is 0 Å². The van der Waals surface area contributed by atoms with Crippen LogP contribution in [0.5, 0.6) is 0 Å². The predicted molar refractivity (Wildman–Crippen MR) is 107 cm³/mol. The molecule has 0 spiro atoms. The Morgan fingerprint density at radius 1 is 0.583 bits per heavy atom. The van der Waals surface area contributed by atoms with Crippen LogP contribution < -0.4 is 0 Å². The molecule has 0 aromatic rings.